The molecule has 0 heterocycles. The van der Waals surface area contributed by atoms with Crippen LogP contribution >= 0.6 is 0 Å². The number of allylic oxidation sites excluding steroid dienone is 10. The maximum Gasteiger partial charge on any atom is 0.306 e. The summed E-state index contributed by atoms with van der Waals surface area (Å²) >= 11 is 0. The van der Waals surface area contributed by atoms with Crippen LogP contribution in [-0.4, -0.2) is 37.2 Å². The van der Waals surface area contributed by atoms with E-state index in [0.29, 0.717) is 19.3 Å². The Morgan fingerprint density at radius 1 is 0.250 bits per heavy atom. The minimum absolute atomic E-state index is 0.0794. The van der Waals surface area contributed by atoms with Gasteiger partial charge in [-0.3, -0.25) is 14.4 Å². The molecular formula is C74H134O6. The molecule has 0 aromatic heterocycles. The Labute approximate surface area is 498 Å². The molecular weight excluding hydrogens is 985 g/mol. The Bertz CT molecular complexity index is 1430. The molecule has 0 spiro atoms. The average molecular weight is 1120 g/mol. The van der Waals surface area contributed by atoms with Crippen molar-refractivity contribution in [3.63, 3.8) is 0 Å². The summed E-state index contributed by atoms with van der Waals surface area (Å²) in [4.78, 5) is 38.4. The normalized spacial score (nSPS) is 12.4. The second-order valence-corrected chi connectivity index (χ2v) is 23.8. The molecule has 0 N–H and O–H groups in total. The molecule has 0 aliphatic heterocycles. The van der Waals surface area contributed by atoms with Gasteiger partial charge in [0.1, 0.15) is 13.2 Å². The Kier molecular flexibility index (Phi) is 66.1. The monoisotopic (exact) mass is 1120 g/mol. The van der Waals surface area contributed by atoms with E-state index >= 15 is 0 Å². The lowest BCUT2D eigenvalue weighted by Gasteiger charge is -2.18. The number of carbonyl (C=O) groups excluding carboxylic acids is 3. The highest BCUT2D eigenvalue weighted by molar-refractivity contribution is 5.71. The standard InChI is InChI=1S/C74H134O6/c1-4-7-10-13-16-19-22-25-28-31-33-34-35-36-37-38-39-40-42-43-46-49-52-55-58-61-64-67-73(76)79-70-71(69-78-72(75)66-63-60-57-54-51-48-45-30-27-24-21-18-15-12-9-6-3)80-74(77)68-65-62-59-56-53-50-47-44-41-32-29-26-23-20-17-14-11-8-5-2/h17,20,26,29-31,33,41,44-45,71H,4-16,18-19,21-25,27-28,32,34-40,42-43,46-70H2,1-3H3/b20-17-,29-26-,33-31-,44-41-,45-30-. The van der Waals surface area contributed by atoms with Crippen molar-refractivity contribution in [2.75, 3.05) is 13.2 Å². The highest BCUT2D eigenvalue weighted by atomic mass is 16.6. The van der Waals surface area contributed by atoms with E-state index in [-0.39, 0.29) is 31.1 Å². The van der Waals surface area contributed by atoms with Crippen LogP contribution in [0.5, 0.6) is 0 Å². The van der Waals surface area contributed by atoms with Crippen LogP contribution < -0.4 is 0 Å². The first-order valence-corrected chi connectivity index (χ1v) is 35.3. The molecule has 0 rings (SSSR count). The van der Waals surface area contributed by atoms with Gasteiger partial charge in [0.05, 0.1) is 0 Å². The lowest BCUT2D eigenvalue weighted by Crippen LogP contribution is -2.30. The third-order valence-electron chi connectivity index (χ3n) is 15.7. The lowest BCUT2D eigenvalue weighted by atomic mass is 10.0. The van der Waals surface area contributed by atoms with Gasteiger partial charge in [0.25, 0.3) is 0 Å². The van der Waals surface area contributed by atoms with Gasteiger partial charge in [0.2, 0.25) is 0 Å². The number of ether oxygens (including phenoxy) is 3. The van der Waals surface area contributed by atoms with Crippen LogP contribution in [-0.2, 0) is 28.6 Å². The summed E-state index contributed by atoms with van der Waals surface area (Å²) in [6.07, 6.45) is 88.2. The second-order valence-electron chi connectivity index (χ2n) is 23.8. The summed E-state index contributed by atoms with van der Waals surface area (Å²) in [5.74, 6) is -0.879. The van der Waals surface area contributed by atoms with Gasteiger partial charge in [0, 0.05) is 19.3 Å². The zero-order chi connectivity index (χ0) is 57.8. The molecule has 1 atom stereocenters. The molecule has 0 bridgehead atoms. The first-order chi connectivity index (χ1) is 39.5. The van der Waals surface area contributed by atoms with E-state index in [1.165, 1.54) is 244 Å². The van der Waals surface area contributed by atoms with Gasteiger partial charge in [-0.2, -0.15) is 0 Å². The molecule has 0 saturated carbocycles. The van der Waals surface area contributed by atoms with E-state index in [2.05, 4.69) is 81.5 Å². The molecule has 0 aliphatic carbocycles. The summed E-state index contributed by atoms with van der Waals surface area (Å²) in [6.45, 7) is 6.65. The first-order valence-electron chi connectivity index (χ1n) is 35.3. The van der Waals surface area contributed by atoms with E-state index in [1.807, 2.05) is 0 Å². The van der Waals surface area contributed by atoms with E-state index in [1.54, 1.807) is 0 Å². The summed E-state index contributed by atoms with van der Waals surface area (Å²) < 4.78 is 17.0. The van der Waals surface area contributed by atoms with E-state index < -0.39 is 6.10 Å². The van der Waals surface area contributed by atoms with Crippen LogP contribution in [0.25, 0.3) is 0 Å². The fraction of sp³-hybridized carbons (Fsp3) is 0.824. The number of carbonyl (C=O) groups is 3. The van der Waals surface area contributed by atoms with Crippen LogP contribution in [0.3, 0.4) is 0 Å². The predicted octanol–water partition coefficient (Wildman–Crippen LogP) is 24.3. The Morgan fingerprint density at radius 3 is 0.738 bits per heavy atom. The largest absolute Gasteiger partial charge is 0.462 e. The Balaban J connectivity index is 4.30. The summed E-state index contributed by atoms with van der Waals surface area (Å²) in [7, 11) is 0. The van der Waals surface area contributed by atoms with Crippen LogP contribution in [0.2, 0.25) is 0 Å². The highest BCUT2D eigenvalue weighted by Crippen LogP contribution is 2.17. The van der Waals surface area contributed by atoms with E-state index in [0.717, 1.165) is 89.9 Å². The molecule has 1 unspecified atom stereocenters. The van der Waals surface area contributed by atoms with Crippen molar-refractivity contribution in [1.82, 2.24) is 0 Å². The van der Waals surface area contributed by atoms with Crippen molar-refractivity contribution in [2.24, 2.45) is 0 Å². The summed E-state index contributed by atoms with van der Waals surface area (Å²) in [5, 5.41) is 0. The van der Waals surface area contributed by atoms with Crippen LogP contribution in [0.15, 0.2) is 60.8 Å². The van der Waals surface area contributed by atoms with Crippen LogP contribution in [0, 0.1) is 0 Å². The maximum absolute atomic E-state index is 12.9. The van der Waals surface area contributed by atoms with Gasteiger partial charge in [-0.05, 0) is 109 Å². The molecule has 0 radical (unpaired) electrons. The SMILES string of the molecule is CCCCC/C=C\C/C=C\C/C=C\CCCCCCCCC(=O)OC(COC(=O)CCCCCCC/C=C\CCCCCCCCC)COC(=O)CCCCCCCCCCCCCCCCC/C=C\CCCCCCCCCC. The molecule has 80 heavy (non-hydrogen) atoms. The van der Waals surface area contributed by atoms with Crippen LogP contribution in [0.4, 0.5) is 0 Å². The topological polar surface area (TPSA) is 78.9 Å². The van der Waals surface area contributed by atoms with Gasteiger partial charge < -0.3 is 14.2 Å². The van der Waals surface area contributed by atoms with Crippen molar-refractivity contribution in [2.45, 2.75) is 380 Å². The third kappa shape index (κ3) is 65.9. The first kappa shape index (κ1) is 77.1. The highest BCUT2D eigenvalue weighted by Gasteiger charge is 2.19. The predicted molar refractivity (Wildman–Crippen MR) is 348 cm³/mol. The number of unbranched alkanes of at least 4 members (excludes halogenated alkanes) is 44. The molecule has 0 amide bonds. The van der Waals surface area contributed by atoms with Crippen molar-refractivity contribution < 1.29 is 28.6 Å². The molecule has 0 aliphatic rings. The fourth-order valence-corrected chi connectivity index (χ4v) is 10.4. The minimum atomic E-state index is -0.786. The summed E-state index contributed by atoms with van der Waals surface area (Å²) in [5.41, 5.74) is 0. The Morgan fingerprint density at radius 2 is 0.450 bits per heavy atom. The zero-order valence-electron chi connectivity index (χ0n) is 53.6. The molecule has 6 nitrogen and oxygen atoms in total. The number of esters is 3. The van der Waals surface area contributed by atoms with E-state index in [4.69, 9.17) is 14.2 Å². The molecule has 466 valence electrons. The molecule has 0 fully saturated rings. The maximum atomic E-state index is 12.9. The fourth-order valence-electron chi connectivity index (χ4n) is 10.4. The van der Waals surface area contributed by atoms with Gasteiger partial charge >= 0.3 is 17.9 Å². The van der Waals surface area contributed by atoms with Gasteiger partial charge in [0.15, 0.2) is 6.10 Å². The van der Waals surface area contributed by atoms with Crippen LogP contribution in [0.1, 0.15) is 374 Å². The van der Waals surface area contributed by atoms with Crippen molar-refractivity contribution in [1.29, 1.82) is 0 Å². The van der Waals surface area contributed by atoms with Gasteiger partial charge in [-0.15, -0.1) is 0 Å². The van der Waals surface area contributed by atoms with Crippen molar-refractivity contribution in [3.05, 3.63) is 60.8 Å². The smallest absolute Gasteiger partial charge is 0.306 e. The lowest BCUT2D eigenvalue weighted by molar-refractivity contribution is -0.167. The summed E-state index contributed by atoms with van der Waals surface area (Å²) in [6, 6.07) is 0. The zero-order valence-corrected chi connectivity index (χ0v) is 53.6. The molecule has 0 aromatic rings. The number of rotatable bonds is 65. The molecule has 6 heteroatoms. The molecule has 0 saturated heterocycles. The Hall–Kier alpha value is -2.89. The van der Waals surface area contributed by atoms with E-state index in [9.17, 15) is 14.4 Å². The third-order valence-corrected chi connectivity index (χ3v) is 15.7. The quantitative estimate of drug-likeness (QED) is 0.0261. The minimum Gasteiger partial charge on any atom is -0.462 e. The van der Waals surface area contributed by atoms with Gasteiger partial charge in [-0.1, -0.05) is 306 Å². The molecule has 0 aromatic carbocycles. The second kappa shape index (κ2) is 68.6. The van der Waals surface area contributed by atoms with Crippen molar-refractivity contribution in [3.8, 4) is 0 Å². The number of hydrogen-bond donors (Lipinski definition) is 0. The van der Waals surface area contributed by atoms with Gasteiger partial charge in [-0.25, -0.2) is 0 Å². The number of hydrogen-bond acceptors (Lipinski definition) is 6. The van der Waals surface area contributed by atoms with Crippen molar-refractivity contribution >= 4 is 17.9 Å². The average Bonchev–Trinajstić information content (AvgIpc) is 3.46.